The SMILES string of the molecule is Cc1nn(CC(=O)N(C)Cc2cccs2)c(C)c1S(=O)(=O)N(C)Cc1ccco1. The maximum absolute atomic E-state index is 13.1. The topological polar surface area (TPSA) is 88.7 Å². The lowest BCUT2D eigenvalue weighted by Crippen LogP contribution is -2.30. The highest BCUT2D eigenvalue weighted by Gasteiger charge is 2.30. The van der Waals surface area contributed by atoms with Gasteiger partial charge in [0.05, 0.1) is 30.7 Å². The molecule has 0 spiro atoms. The molecule has 1 amide bonds. The number of sulfonamides is 1. The Kier molecular flexibility index (Phi) is 6.25. The third kappa shape index (κ3) is 4.60. The first-order chi connectivity index (χ1) is 13.7. The molecule has 3 aromatic heterocycles. The van der Waals surface area contributed by atoms with Gasteiger partial charge < -0.3 is 9.32 Å². The Bertz CT molecular complexity index is 1070. The highest BCUT2D eigenvalue weighted by atomic mass is 32.2. The van der Waals surface area contributed by atoms with Crippen LogP contribution in [0.5, 0.6) is 0 Å². The minimum absolute atomic E-state index is 0.0219. The number of aryl methyl sites for hydroxylation is 1. The van der Waals surface area contributed by atoms with Crippen LogP contribution in [-0.2, 0) is 34.5 Å². The van der Waals surface area contributed by atoms with Crippen LogP contribution in [0.4, 0.5) is 0 Å². The van der Waals surface area contributed by atoms with Crippen LogP contribution in [0.3, 0.4) is 0 Å². The Hall–Kier alpha value is -2.43. The molecule has 0 fully saturated rings. The van der Waals surface area contributed by atoms with E-state index >= 15 is 0 Å². The predicted octanol–water partition coefficient (Wildman–Crippen LogP) is 2.63. The number of thiophene rings is 1. The van der Waals surface area contributed by atoms with Crippen LogP contribution in [0.15, 0.2) is 45.2 Å². The van der Waals surface area contributed by atoms with E-state index in [4.69, 9.17) is 4.42 Å². The van der Waals surface area contributed by atoms with Crippen LogP contribution in [0, 0.1) is 13.8 Å². The molecule has 0 atom stereocenters. The minimum Gasteiger partial charge on any atom is -0.468 e. The third-order valence-corrected chi connectivity index (χ3v) is 7.54. The van der Waals surface area contributed by atoms with Gasteiger partial charge in [0.1, 0.15) is 17.2 Å². The minimum atomic E-state index is -3.79. The fraction of sp³-hybridized carbons (Fsp3) is 0.368. The first-order valence-corrected chi connectivity index (χ1v) is 11.3. The van der Waals surface area contributed by atoms with Gasteiger partial charge in [0.15, 0.2) is 0 Å². The highest BCUT2D eigenvalue weighted by Crippen LogP contribution is 2.24. The molecule has 0 saturated heterocycles. The Morgan fingerprint density at radius 2 is 1.97 bits per heavy atom. The summed E-state index contributed by atoms with van der Waals surface area (Å²) in [5, 5.41) is 6.28. The molecule has 156 valence electrons. The normalized spacial score (nSPS) is 11.9. The van der Waals surface area contributed by atoms with Crippen LogP contribution in [0.1, 0.15) is 22.0 Å². The number of carbonyl (C=O) groups is 1. The molecule has 0 aliphatic rings. The summed E-state index contributed by atoms with van der Waals surface area (Å²) < 4.78 is 34.1. The first-order valence-electron chi connectivity index (χ1n) is 8.99. The highest BCUT2D eigenvalue weighted by molar-refractivity contribution is 7.89. The van der Waals surface area contributed by atoms with Crippen molar-refractivity contribution in [1.29, 1.82) is 0 Å². The molecule has 8 nitrogen and oxygen atoms in total. The molecule has 0 saturated carbocycles. The van der Waals surface area contributed by atoms with Crippen LogP contribution in [-0.4, -0.2) is 47.4 Å². The second kappa shape index (κ2) is 8.52. The van der Waals surface area contributed by atoms with Crippen molar-refractivity contribution < 1.29 is 17.6 Å². The Morgan fingerprint density at radius 1 is 1.21 bits per heavy atom. The molecule has 3 heterocycles. The van der Waals surface area contributed by atoms with Crippen LogP contribution in [0.25, 0.3) is 0 Å². The standard InChI is InChI=1S/C19H24N4O4S2/c1-14-19(29(25,26)22(4)11-16-7-5-9-27-16)15(2)23(20-14)13-18(24)21(3)12-17-8-6-10-28-17/h5-10H,11-13H2,1-4H3. The lowest BCUT2D eigenvalue weighted by Gasteiger charge is -2.17. The van der Waals surface area contributed by atoms with E-state index in [2.05, 4.69) is 5.10 Å². The van der Waals surface area contributed by atoms with Gasteiger partial charge in [-0.15, -0.1) is 11.3 Å². The summed E-state index contributed by atoms with van der Waals surface area (Å²) in [6.07, 6.45) is 1.50. The van der Waals surface area contributed by atoms with Crippen molar-refractivity contribution in [3.8, 4) is 0 Å². The molecule has 3 rings (SSSR count). The van der Waals surface area contributed by atoms with Crippen molar-refractivity contribution in [2.45, 2.75) is 38.4 Å². The number of furan rings is 1. The van der Waals surface area contributed by atoms with Crippen molar-refractivity contribution in [1.82, 2.24) is 19.0 Å². The summed E-state index contributed by atoms with van der Waals surface area (Å²) in [5.41, 5.74) is 0.800. The largest absolute Gasteiger partial charge is 0.468 e. The zero-order valence-corrected chi connectivity index (χ0v) is 18.5. The molecular weight excluding hydrogens is 412 g/mol. The summed E-state index contributed by atoms with van der Waals surface area (Å²) in [5.74, 6) is 0.404. The van der Waals surface area contributed by atoms with Crippen molar-refractivity contribution in [3.05, 3.63) is 57.9 Å². The van der Waals surface area contributed by atoms with E-state index < -0.39 is 10.0 Å². The smallest absolute Gasteiger partial charge is 0.246 e. The van der Waals surface area contributed by atoms with Crippen LogP contribution in [0.2, 0.25) is 0 Å². The summed E-state index contributed by atoms with van der Waals surface area (Å²) in [6, 6.07) is 7.34. The number of carbonyl (C=O) groups excluding carboxylic acids is 1. The Labute approximate surface area is 174 Å². The number of hydrogen-bond donors (Lipinski definition) is 0. The summed E-state index contributed by atoms with van der Waals surface area (Å²) in [4.78, 5) is 15.4. The lowest BCUT2D eigenvalue weighted by atomic mass is 10.4. The zero-order valence-electron chi connectivity index (χ0n) is 16.8. The molecule has 10 heteroatoms. The van der Waals surface area contributed by atoms with E-state index in [9.17, 15) is 13.2 Å². The summed E-state index contributed by atoms with van der Waals surface area (Å²) >= 11 is 1.58. The zero-order chi connectivity index (χ0) is 21.2. The molecule has 0 aliphatic heterocycles. The number of amides is 1. The number of nitrogens with zero attached hydrogens (tertiary/aromatic N) is 4. The lowest BCUT2D eigenvalue weighted by molar-refractivity contribution is -0.131. The quantitative estimate of drug-likeness (QED) is 0.542. The van der Waals surface area contributed by atoms with E-state index in [1.807, 2.05) is 17.5 Å². The third-order valence-electron chi connectivity index (χ3n) is 4.63. The maximum atomic E-state index is 13.1. The van der Waals surface area contributed by atoms with E-state index in [1.54, 1.807) is 49.3 Å². The average molecular weight is 437 g/mol. The fourth-order valence-electron chi connectivity index (χ4n) is 3.04. The van der Waals surface area contributed by atoms with Gasteiger partial charge in [0.2, 0.25) is 15.9 Å². The van der Waals surface area contributed by atoms with Gasteiger partial charge in [-0.25, -0.2) is 8.42 Å². The second-order valence-corrected chi connectivity index (χ2v) is 9.84. The fourth-order valence-corrected chi connectivity index (χ4v) is 5.30. The Balaban J connectivity index is 1.77. The van der Waals surface area contributed by atoms with Crippen LogP contribution < -0.4 is 0 Å². The van der Waals surface area contributed by atoms with Gasteiger partial charge in [0, 0.05) is 19.0 Å². The molecule has 29 heavy (non-hydrogen) atoms. The monoisotopic (exact) mass is 436 g/mol. The number of likely N-dealkylation sites (N-methyl/N-ethyl adjacent to an activating group) is 1. The number of aromatic nitrogens is 2. The summed E-state index contributed by atoms with van der Waals surface area (Å²) in [6.45, 7) is 3.90. The molecule has 0 N–H and O–H groups in total. The van der Waals surface area contributed by atoms with Gasteiger partial charge in [-0.1, -0.05) is 6.07 Å². The number of rotatable bonds is 8. The van der Waals surface area contributed by atoms with Crippen LogP contribution >= 0.6 is 11.3 Å². The first kappa shape index (κ1) is 21.3. The molecule has 0 aliphatic carbocycles. The predicted molar refractivity (Wildman–Crippen MR) is 110 cm³/mol. The summed E-state index contributed by atoms with van der Waals surface area (Å²) in [7, 11) is -0.567. The van der Waals surface area contributed by atoms with E-state index in [1.165, 1.54) is 22.3 Å². The molecule has 3 aromatic rings. The van der Waals surface area contributed by atoms with E-state index in [0.717, 1.165) is 4.88 Å². The molecular formula is C19H24N4O4S2. The molecule has 0 radical (unpaired) electrons. The van der Waals surface area contributed by atoms with E-state index in [-0.39, 0.29) is 23.9 Å². The van der Waals surface area contributed by atoms with Crippen molar-refractivity contribution in [3.63, 3.8) is 0 Å². The van der Waals surface area contributed by atoms with Crippen molar-refractivity contribution in [2.24, 2.45) is 0 Å². The number of hydrogen-bond acceptors (Lipinski definition) is 6. The maximum Gasteiger partial charge on any atom is 0.246 e. The Morgan fingerprint density at radius 3 is 2.59 bits per heavy atom. The van der Waals surface area contributed by atoms with Gasteiger partial charge >= 0.3 is 0 Å². The van der Waals surface area contributed by atoms with Gasteiger partial charge in [-0.05, 0) is 37.4 Å². The molecule has 0 bridgehead atoms. The van der Waals surface area contributed by atoms with Crippen molar-refractivity contribution in [2.75, 3.05) is 14.1 Å². The average Bonchev–Trinajstić information content (AvgIpc) is 3.38. The van der Waals surface area contributed by atoms with Gasteiger partial charge in [-0.2, -0.15) is 9.40 Å². The van der Waals surface area contributed by atoms with E-state index in [0.29, 0.717) is 23.7 Å². The molecule has 0 aromatic carbocycles. The second-order valence-electron chi connectivity index (χ2n) is 6.83. The van der Waals surface area contributed by atoms with Gasteiger partial charge in [0.25, 0.3) is 0 Å². The van der Waals surface area contributed by atoms with Gasteiger partial charge in [-0.3, -0.25) is 9.48 Å². The molecule has 0 unspecified atom stereocenters. The van der Waals surface area contributed by atoms with Crippen molar-refractivity contribution >= 4 is 27.3 Å².